The zero-order chi connectivity index (χ0) is 15.6. The molecule has 1 aromatic carbocycles. The van der Waals surface area contributed by atoms with Gasteiger partial charge >= 0.3 is 5.97 Å². The molecule has 1 aliphatic heterocycles. The molecule has 1 atom stereocenters. The van der Waals surface area contributed by atoms with E-state index in [-0.39, 0.29) is 18.7 Å². The van der Waals surface area contributed by atoms with Crippen LogP contribution in [-0.2, 0) is 9.53 Å². The lowest BCUT2D eigenvalue weighted by molar-refractivity contribution is -0.147. The van der Waals surface area contributed by atoms with E-state index >= 15 is 0 Å². The van der Waals surface area contributed by atoms with E-state index in [1.807, 2.05) is 22.6 Å². The number of morpholine rings is 1. The van der Waals surface area contributed by atoms with Crippen molar-refractivity contribution in [3.63, 3.8) is 0 Å². The van der Waals surface area contributed by atoms with Gasteiger partial charge in [0.25, 0.3) is 5.91 Å². The Morgan fingerprint density at radius 3 is 2.86 bits per heavy atom. The van der Waals surface area contributed by atoms with Crippen LogP contribution in [0.2, 0.25) is 5.02 Å². The van der Waals surface area contributed by atoms with Crippen LogP contribution in [-0.4, -0.2) is 54.8 Å². The zero-order valence-corrected chi connectivity index (χ0v) is 14.1. The van der Waals surface area contributed by atoms with Crippen molar-refractivity contribution in [2.75, 3.05) is 26.9 Å². The number of nitrogens with zero attached hydrogens (tertiary/aromatic N) is 1. The van der Waals surface area contributed by atoms with Crippen molar-refractivity contribution in [1.82, 2.24) is 4.90 Å². The molecular weight excluding hydrogens is 413 g/mol. The van der Waals surface area contributed by atoms with Crippen LogP contribution in [0.4, 0.5) is 0 Å². The van der Waals surface area contributed by atoms with Gasteiger partial charge in [0, 0.05) is 10.1 Å². The molecule has 0 saturated carbocycles. The number of halogens is 2. The largest absolute Gasteiger partial charge is 0.496 e. The molecule has 1 aromatic rings. The first-order chi connectivity index (χ1) is 9.95. The molecule has 0 bridgehead atoms. The molecule has 1 N–H and O–H groups in total. The smallest absolute Gasteiger partial charge is 0.328 e. The average Bonchev–Trinajstić information content (AvgIpc) is 2.48. The SMILES string of the molecule is COc1cc(I)c(Cl)cc1C(=O)N1CCOCC1C(=O)O. The third-order valence-corrected chi connectivity index (χ3v) is 4.67. The van der Waals surface area contributed by atoms with Crippen LogP contribution < -0.4 is 4.74 Å². The third-order valence-electron chi connectivity index (χ3n) is 3.15. The van der Waals surface area contributed by atoms with Gasteiger partial charge in [0.15, 0.2) is 6.04 Å². The standard InChI is InChI=1S/C13H13ClINO5/c1-20-11-5-9(15)8(14)4-7(11)12(17)16-2-3-21-6-10(16)13(18)19/h4-5,10H,2-3,6H2,1H3,(H,18,19). The van der Waals surface area contributed by atoms with Crippen LogP contribution in [0.5, 0.6) is 5.75 Å². The van der Waals surface area contributed by atoms with Crippen LogP contribution in [0.25, 0.3) is 0 Å². The van der Waals surface area contributed by atoms with Gasteiger partial charge in [-0.15, -0.1) is 0 Å². The van der Waals surface area contributed by atoms with Crippen molar-refractivity contribution in [3.8, 4) is 5.75 Å². The van der Waals surface area contributed by atoms with Crippen LogP contribution in [0.3, 0.4) is 0 Å². The van der Waals surface area contributed by atoms with Gasteiger partial charge in [-0.3, -0.25) is 4.79 Å². The fourth-order valence-electron chi connectivity index (χ4n) is 2.07. The molecule has 1 fully saturated rings. The molecule has 1 aliphatic rings. The topological polar surface area (TPSA) is 76.1 Å². The average molecular weight is 426 g/mol. The van der Waals surface area contributed by atoms with Crippen molar-refractivity contribution in [2.45, 2.75) is 6.04 Å². The molecule has 0 spiro atoms. The molecule has 0 aliphatic carbocycles. The highest BCUT2D eigenvalue weighted by Crippen LogP contribution is 2.29. The van der Waals surface area contributed by atoms with Gasteiger partial charge in [-0.25, -0.2) is 4.79 Å². The van der Waals surface area contributed by atoms with E-state index in [9.17, 15) is 14.7 Å². The van der Waals surface area contributed by atoms with Gasteiger partial charge in [-0.2, -0.15) is 0 Å². The summed E-state index contributed by atoms with van der Waals surface area (Å²) in [6.45, 7) is 0.486. The fraction of sp³-hybridized carbons (Fsp3) is 0.385. The molecule has 1 saturated heterocycles. The van der Waals surface area contributed by atoms with Crippen molar-refractivity contribution in [3.05, 3.63) is 26.3 Å². The Bertz CT molecular complexity index is 580. The number of carbonyl (C=O) groups excluding carboxylic acids is 1. The number of benzene rings is 1. The van der Waals surface area contributed by atoms with E-state index in [4.69, 9.17) is 21.1 Å². The number of rotatable bonds is 3. The molecule has 8 heteroatoms. The van der Waals surface area contributed by atoms with Gasteiger partial charge in [0.1, 0.15) is 5.75 Å². The van der Waals surface area contributed by atoms with E-state index in [0.29, 0.717) is 17.4 Å². The summed E-state index contributed by atoms with van der Waals surface area (Å²) in [4.78, 5) is 25.1. The number of carboxylic acids is 1. The Morgan fingerprint density at radius 2 is 2.24 bits per heavy atom. The van der Waals surface area contributed by atoms with Crippen LogP contribution in [0.15, 0.2) is 12.1 Å². The minimum Gasteiger partial charge on any atom is -0.496 e. The second-order valence-corrected chi connectivity index (χ2v) is 5.96. The second kappa shape index (κ2) is 6.80. The lowest BCUT2D eigenvalue weighted by Crippen LogP contribution is -2.52. The summed E-state index contributed by atoms with van der Waals surface area (Å²) >= 11 is 8.08. The quantitative estimate of drug-likeness (QED) is 0.749. The summed E-state index contributed by atoms with van der Waals surface area (Å²) in [6.07, 6.45) is 0. The Hall–Kier alpha value is -1.06. The predicted molar refractivity (Wildman–Crippen MR) is 84.0 cm³/mol. The first-order valence-electron chi connectivity index (χ1n) is 6.10. The third kappa shape index (κ3) is 3.41. The lowest BCUT2D eigenvalue weighted by atomic mass is 10.1. The minimum atomic E-state index is -1.10. The number of ether oxygens (including phenoxy) is 2. The molecule has 114 valence electrons. The second-order valence-electron chi connectivity index (χ2n) is 4.39. The highest BCUT2D eigenvalue weighted by Gasteiger charge is 2.34. The number of methoxy groups -OCH3 is 1. The maximum absolute atomic E-state index is 12.6. The number of carboxylic acid groups (broad SMARTS) is 1. The highest BCUT2D eigenvalue weighted by molar-refractivity contribution is 14.1. The summed E-state index contributed by atoms with van der Waals surface area (Å²) in [6, 6.07) is 2.14. The van der Waals surface area contributed by atoms with Crippen molar-refractivity contribution in [1.29, 1.82) is 0 Å². The normalized spacial score (nSPS) is 18.4. The summed E-state index contributed by atoms with van der Waals surface area (Å²) in [5.74, 6) is -1.16. The van der Waals surface area contributed by atoms with Crippen molar-refractivity contribution < 1.29 is 24.2 Å². The Kier molecular flexibility index (Phi) is 5.28. The van der Waals surface area contributed by atoms with Crippen LogP contribution in [0.1, 0.15) is 10.4 Å². The molecule has 21 heavy (non-hydrogen) atoms. The van der Waals surface area contributed by atoms with Gasteiger partial charge < -0.3 is 19.5 Å². The lowest BCUT2D eigenvalue weighted by Gasteiger charge is -2.33. The number of aliphatic carboxylic acids is 1. The summed E-state index contributed by atoms with van der Waals surface area (Å²) in [7, 11) is 1.45. The number of hydrogen-bond acceptors (Lipinski definition) is 4. The van der Waals surface area contributed by atoms with Gasteiger partial charge in [-0.1, -0.05) is 11.6 Å². The molecule has 0 radical (unpaired) electrons. The van der Waals surface area contributed by atoms with Gasteiger partial charge in [-0.05, 0) is 34.7 Å². The molecule has 1 heterocycles. The molecule has 1 unspecified atom stereocenters. The van der Waals surface area contributed by atoms with Gasteiger partial charge in [0.2, 0.25) is 0 Å². The zero-order valence-electron chi connectivity index (χ0n) is 11.1. The molecule has 0 aromatic heterocycles. The summed E-state index contributed by atoms with van der Waals surface area (Å²) in [5, 5.41) is 9.61. The van der Waals surface area contributed by atoms with E-state index in [0.717, 1.165) is 3.57 Å². The first kappa shape index (κ1) is 16.3. The molecule has 2 rings (SSSR count). The summed E-state index contributed by atoms with van der Waals surface area (Å²) < 4.78 is 11.1. The fourth-order valence-corrected chi connectivity index (χ4v) is 2.67. The molecule has 6 nitrogen and oxygen atoms in total. The predicted octanol–water partition coefficient (Wildman–Crippen LogP) is 1.88. The van der Waals surface area contributed by atoms with E-state index in [2.05, 4.69) is 0 Å². The monoisotopic (exact) mass is 425 g/mol. The van der Waals surface area contributed by atoms with Crippen molar-refractivity contribution >= 4 is 46.1 Å². The maximum Gasteiger partial charge on any atom is 0.328 e. The van der Waals surface area contributed by atoms with E-state index < -0.39 is 17.9 Å². The van der Waals surface area contributed by atoms with Crippen LogP contribution >= 0.6 is 34.2 Å². The maximum atomic E-state index is 12.6. The summed E-state index contributed by atoms with van der Waals surface area (Å²) in [5.41, 5.74) is 0.246. The Labute approximate surface area is 140 Å². The number of carbonyl (C=O) groups is 2. The van der Waals surface area contributed by atoms with E-state index in [1.165, 1.54) is 18.1 Å². The van der Waals surface area contributed by atoms with Crippen LogP contribution in [0, 0.1) is 3.57 Å². The van der Waals surface area contributed by atoms with E-state index in [1.54, 1.807) is 6.07 Å². The molecule has 1 amide bonds. The number of hydrogen-bond donors (Lipinski definition) is 1. The minimum absolute atomic E-state index is 0.0263. The highest BCUT2D eigenvalue weighted by atomic mass is 127. The molecular formula is C13H13ClINO5. The Balaban J connectivity index is 2.38. The Morgan fingerprint density at radius 1 is 1.52 bits per heavy atom. The first-order valence-corrected chi connectivity index (χ1v) is 7.56. The van der Waals surface area contributed by atoms with Gasteiger partial charge in [0.05, 0.1) is 30.9 Å². The number of amides is 1. The van der Waals surface area contributed by atoms with Crippen molar-refractivity contribution in [2.24, 2.45) is 0 Å².